The third-order valence-electron chi connectivity index (χ3n) is 4.92. The van der Waals surface area contributed by atoms with Crippen LogP contribution in [-0.4, -0.2) is 19.1 Å². The van der Waals surface area contributed by atoms with E-state index in [-0.39, 0.29) is 0 Å². The summed E-state index contributed by atoms with van der Waals surface area (Å²) in [6.07, 6.45) is 0. The van der Waals surface area contributed by atoms with Gasteiger partial charge in [-0.2, -0.15) is 0 Å². The van der Waals surface area contributed by atoms with Crippen LogP contribution in [0.1, 0.15) is 22.3 Å². The number of thioether (sulfide) groups is 1. The van der Waals surface area contributed by atoms with Crippen LogP contribution in [0, 0.1) is 13.8 Å². The van der Waals surface area contributed by atoms with Crippen LogP contribution in [0.3, 0.4) is 0 Å². The quantitative estimate of drug-likeness (QED) is 0.516. The number of H-pyrrole nitrogens is 1. The van der Waals surface area contributed by atoms with Gasteiger partial charge >= 0.3 is 5.69 Å². The maximum absolute atomic E-state index is 12.6. The molecule has 0 unspecified atom stereocenters. The number of aromatic nitrogens is 4. The number of aryl methyl sites for hydroxylation is 3. The molecule has 0 aliphatic heterocycles. The smallest absolute Gasteiger partial charge is 0.309 e. The highest BCUT2D eigenvalue weighted by molar-refractivity contribution is 7.98. The number of hydrogen-bond acceptors (Lipinski definition) is 4. The molecule has 2 aromatic heterocycles. The summed E-state index contributed by atoms with van der Waals surface area (Å²) in [5, 5.41) is 0.716. The van der Waals surface area contributed by atoms with Gasteiger partial charge in [0.2, 0.25) is 0 Å². The summed E-state index contributed by atoms with van der Waals surface area (Å²) in [5.41, 5.74) is 4.59. The Bertz CT molecular complexity index is 1280. The van der Waals surface area contributed by atoms with Crippen molar-refractivity contribution in [3.8, 4) is 0 Å². The molecule has 2 heterocycles. The van der Waals surface area contributed by atoms with Gasteiger partial charge in [0.15, 0.2) is 16.3 Å². The van der Waals surface area contributed by atoms with Crippen LogP contribution in [0.2, 0.25) is 0 Å². The molecule has 0 amide bonds. The van der Waals surface area contributed by atoms with Gasteiger partial charge in [0.1, 0.15) is 0 Å². The Morgan fingerprint density at radius 1 is 0.931 bits per heavy atom. The molecule has 4 rings (SSSR count). The molecule has 7 heteroatoms. The number of nitrogens with one attached hydrogen (secondary N) is 1. The molecule has 29 heavy (non-hydrogen) atoms. The van der Waals surface area contributed by atoms with Crippen molar-refractivity contribution in [2.24, 2.45) is 7.05 Å². The third-order valence-corrected chi connectivity index (χ3v) is 5.97. The van der Waals surface area contributed by atoms with Crippen molar-refractivity contribution in [1.82, 2.24) is 19.1 Å². The van der Waals surface area contributed by atoms with Crippen LogP contribution < -0.4 is 11.2 Å². The van der Waals surface area contributed by atoms with E-state index < -0.39 is 11.2 Å². The minimum atomic E-state index is -0.461. The zero-order valence-electron chi connectivity index (χ0n) is 16.6. The van der Waals surface area contributed by atoms with Gasteiger partial charge in [0, 0.05) is 12.8 Å². The van der Waals surface area contributed by atoms with Gasteiger partial charge in [-0.3, -0.25) is 14.3 Å². The Morgan fingerprint density at radius 3 is 2.14 bits per heavy atom. The number of rotatable bonds is 5. The van der Waals surface area contributed by atoms with E-state index in [2.05, 4.69) is 41.2 Å². The van der Waals surface area contributed by atoms with Gasteiger partial charge in [-0.05, 0) is 25.0 Å². The van der Waals surface area contributed by atoms with Gasteiger partial charge < -0.3 is 4.57 Å². The number of imidazole rings is 1. The minimum Gasteiger partial charge on any atom is -0.309 e. The van der Waals surface area contributed by atoms with Crippen molar-refractivity contribution >= 4 is 22.9 Å². The zero-order valence-corrected chi connectivity index (χ0v) is 17.4. The highest BCUT2D eigenvalue weighted by atomic mass is 32.2. The SMILES string of the molecule is Cc1ccc(CSc2nc3c(c(=O)[nH]c(=O)n3C)n2Cc2ccc(C)cc2)cc1. The monoisotopic (exact) mass is 406 g/mol. The van der Waals surface area contributed by atoms with E-state index in [9.17, 15) is 9.59 Å². The molecule has 6 nitrogen and oxygen atoms in total. The number of hydrogen-bond donors (Lipinski definition) is 1. The molecule has 0 fully saturated rings. The van der Waals surface area contributed by atoms with Crippen molar-refractivity contribution in [3.63, 3.8) is 0 Å². The fourth-order valence-electron chi connectivity index (χ4n) is 3.18. The van der Waals surface area contributed by atoms with Gasteiger partial charge in [0.25, 0.3) is 5.56 Å². The van der Waals surface area contributed by atoms with Crippen molar-refractivity contribution < 1.29 is 0 Å². The average molecular weight is 407 g/mol. The summed E-state index contributed by atoms with van der Waals surface area (Å²) in [6.45, 7) is 4.61. The first kappa shape index (κ1) is 19.3. The predicted molar refractivity (Wildman–Crippen MR) is 117 cm³/mol. The number of aromatic amines is 1. The third kappa shape index (κ3) is 3.91. The summed E-state index contributed by atoms with van der Waals surface area (Å²) in [4.78, 5) is 31.7. The van der Waals surface area contributed by atoms with E-state index in [0.29, 0.717) is 22.9 Å². The van der Waals surface area contributed by atoms with Crippen LogP contribution in [-0.2, 0) is 19.3 Å². The molecule has 0 saturated heterocycles. The lowest BCUT2D eigenvalue weighted by Crippen LogP contribution is -2.29. The molecular formula is C22H22N4O2S. The van der Waals surface area contributed by atoms with Gasteiger partial charge in [0.05, 0.1) is 6.54 Å². The van der Waals surface area contributed by atoms with Crippen LogP contribution in [0.15, 0.2) is 63.3 Å². The molecule has 0 aliphatic carbocycles. The lowest BCUT2D eigenvalue weighted by atomic mass is 10.1. The summed E-state index contributed by atoms with van der Waals surface area (Å²) in [7, 11) is 1.62. The Kier molecular flexibility index (Phi) is 5.15. The Hall–Kier alpha value is -3.06. The van der Waals surface area contributed by atoms with Crippen LogP contribution in [0.25, 0.3) is 11.2 Å². The van der Waals surface area contributed by atoms with E-state index in [1.807, 2.05) is 35.8 Å². The van der Waals surface area contributed by atoms with Crippen LogP contribution in [0.4, 0.5) is 0 Å². The van der Waals surface area contributed by atoms with E-state index in [4.69, 9.17) is 0 Å². The maximum atomic E-state index is 12.6. The van der Waals surface area contributed by atoms with Crippen molar-refractivity contribution in [1.29, 1.82) is 0 Å². The molecule has 0 spiro atoms. The maximum Gasteiger partial charge on any atom is 0.329 e. The molecule has 0 bridgehead atoms. The van der Waals surface area contributed by atoms with E-state index >= 15 is 0 Å². The number of nitrogens with zero attached hydrogens (tertiary/aromatic N) is 3. The molecule has 4 aromatic rings. The van der Waals surface area contributed by atoms with Crippen LogP contribution in [0.5, 0.6) is 0 Å². The molecular weight excluding hydrogens is 384 g/mol. The summed E-state index contributed by atoms with van der Waals surface area (Å²) in [6, 6.07) is 16.5. The summed E-state index contributed by atoms with van der Waals surface area (Å²) >= 11 is 1.56. The van der Waals surface area contributed by atoms with Crippen molar-refractivity contribution in [2.75, 3.05) is 0 Å². The molecule has 0 radical (unpaired) electrons. The molecule has 0 saturated carbocycles. The predicted octanol–water partition coefficient (Wildman–Crippen LogP) is 3.38. The Labute approximate surface area is 172 Å². The highest BCUT2D eigenvalue weighted by Gasteiger charge is 2.18. The van der Waals surface area contributed by atoms with Gasteiger partial charge in [-0.1, -0.05) is 71.4 Å². The fourth-order valence-corrected chi connectivity index (χ4v) is 4.13. The Balaban J connectivity index is 1.78. The summed E-state index contributed by atoms with van der Waals surface area (Å²) in [5.74, 6) is 0.726. The second-order valence-corrected chi connectivity index (χ2v) is 8.17. The highest BCUT2D eigenvalue weighted by Crippen LogP contribution is 2.26. The lowest BCUT2D eigenvalue weighted by molar-refractivity contribution is 0.728. The summed E-state index contributed by atoms with van der Waals surface area (Å²) < 4.78 is 3.29. The zero-order chi connectivity index (χ0) is 20.5. The first-order valence-corrected chi connectivity index (χ1v) is 10.3. The van der Waals surface area contributed by atoms with Crippen molar-refractivity contribution in [3.05, 3.63) is 91.6 Å². The normalized spacial score (nSPS) is 11.3. The largest absolute Gasteiger partial charge is 0.329 e. The topological polar surface area (TPSA) is 72.7 Å². The van der Waals surface area contributed by atoms with Gasteiger partial charge in [-0.25, -0.2) is 9.78 Å². The number of benzene rings is 2. The molecule has 1 N–H and O–H groups in total. The standard InChI is InChI=1S/C22H22N4O2S/c1-14-4-8-16(9-5-14)12-26-18-19(25(3)21(28)24-20(18)27)23-22(26)29-13-17-10-6-15(2)7-11-17/h4-11H,12-13H2,1-3H3,(H,24,27,28). The van der Waals surface area contributed by atoms with E-state index in [0.717, 1.165) is 11.3 Å². The minimum absolute atomic E-state index is 0.400. The molecule has 0 aliphatic rings. The lowest BCUT2D eigenvalue weighted by Gasteiger charge is -2.09. The molecule has 148 valence electrons. The van der Waals surface area contributed by atoms with E-state index in [1.165, 1.54) is 21.3 Å². The van der Waals surface area contributed by atoms with Crippen molar-refractivity contribution in [2.45, 2.75) is 31.3 Å². The number of fused-ring (bicyclic) bond motifs is 1. The molecule has 2 aromatic carbocycles. The first-order chi connectivity index (χ1) is 13.9. The fraction of sp³-hybridized carbons (Fsp3) is 0.227. The first-order valence-electron chi connectivity index (χ1n) is 9.36. The van der Waals surface area contributed by atoms with Crippen LogP contribution >= 0.6 is 11.8 Å². The second kappa shape index (κ2) is 7.75. The van der Waals surface area contributed by atoms with Gasteiger partial charge in [-0.15, -0.1) is 0 Å². The van der Waals surface area contributed by atoms with E-state index in [1.54, 1.807) is 18.8 Å². The molecule has 0 atom stereocenters. The second-order valence-electron chi connectivity index (χ2n) is 7.23. The Morgan fingerprint density at radius 2 is 1.52 bits per heavy atom. The average Bonchev–Trinajstić information content (AvgIpc) is 3.06.